The third-order valence-corrected chi connectivity index (χ3v) is 5.95. The summed E-state index contributed by atoms with van der Waals surface area (Å²) in [7, 11) is -3.16. The summed E-state index contributed by atoms with van der Waals surface area (Å²) in [4.78, 5) is 25.8. The first-order valence-electron chi connectivity index (χ1n) is 8.35. The molecule has 0 aliphatic carbocycles. The zero-order valence-electron chi connectivity index (χ0n) is 14.4. The lowest BCUT2D eigenvalue weighted by Crippen LogP contribution is -2.43. The van der Waals surface area contributed by atoms with E-state index in [4.69, 9.17) is 4.74 Å². The Morgan fingerprint density at radius 3 is 2.58 bits per heavy atom. The van der Waals surface area contributed by atoms with Crippen LogP contribution >= 0.6 is 0 Å². The van der Waals surface area contributed by atoms with Crippen LogP contribution in [0.3, 0.4) is 0 Å². The van der Waals surface area contributed by atoms with Crippen LogP contribution < -0.4 is 0 Å². The molecule has 26 heavy (non-hydrogen) atoms. The molecule has 1 atom stereocenters. The Morgan fingerprint density at radius 2 is 2.00 bits per heavy atom. The molecule has 1 aromatic carbocycles. The fraction of sp³-hybridized carbons (Fsp3) is 0.529. The van der Waals surface area contributed by atoms with Gasteiger partial charge < -0.3 is 9.64 Å². The average molecular weight is 389 g/mol. The van der Waals surface area contributed by atoms with Gasteiger partial charge in [-0.15, -0.1) is 0 Å². The summed E-state index contributed by atoms with van der Waals surface area (Å²) in [5.74, 6) is -3.80. The Kier molecular flexibility index (Phi) is 6.69. The number of nitrogens with zero attached hydrogens (tertiary/aromatic N) is 1. The number of amides is 1. The highest BCUT2D eigenvalue weighted by atomic mass is 32.2. The molecule has 1 aliphatic heterocycles. The summed E-state index contributed by atoms with van der Waals surface area (Å²) in [6, 6.07) is 2.12. The van der Waals surface area contributed by atoms with Crippen LogP contribution in [-0.4, -0.2) is 55.9 Å². The van der Waals surface area contributed by atoms with Crippen molar-refractivity contribution in [3.63, 3.8) is 0 Å². The second-order valence-corrected chi connectivity index (χ2v) is 8.43. The van der Waals surface area contributed by atoms with Gasteiger partial charge in [-0.1, -0.05) is 13.3 Å². The minimum atomic E-state index is -3.16. The quantitative estimate of drug-likeness (QED) is 0.666. The summed E-state index contributed by atoms with van der Waals surface area (Å²) < 4.78 is 54.3. The molecule has 1 aromatic rings. The van der Waals surface area contributed by atoms with E-state index in [1.54, 1.807) is 0 Å². The number of benzene rings is 1. The van der Waals surface area contributed by atoms with Crippen LogP contribution in [-0.2, 0) is 19.4 Å². The van der Waals surface area contributed by atoms with Crippen molar-refractivity contribution < 1.29 is 31.5 Å². The van der Waals surface area contributed by atoms with Crippen LogP contribution in [0.5, 0.6) is 0 Å². The number of esters is 1. The molecule has 1 aliphatic rings. The van der Waals surface area contributed by atoms with Crippen LogP contribution in [0.15, 0.2) is 18.2 Å². The zero-order chi connectivity index (χ0) is 19.3. The first-order chi connectivity index (χ1) is 12.2. The number of hydrogen-bond donors (Lipinski definition) is 0. The van der Waals surface area contributed by atoms with E-state index in [9.17, 15) is 26.8 Å². The van der Waals surface area contributed by atoms with Gasteiger partial charge in [-0.05, 0) is 31.0 Å². The molecule has 0 saturated carbocycles. The maximum atomic E-state index is 13.2. The Balaban J connectivity index is 1.99. The molecule has 1 unspecified atom stereocenters. The number of sulfone groups is 1. The van der Waals surface area contributed by atoms with E-state index < -0.39 is 46.0 Å². The molecule has 6 nitrogen and oxygen atoms in total. The van der Waals surface area contributed by atoms with Crippen LogP contribution in [0.1, 0.15) is 36.5 Å². The van der Waals surface area contributed by atoms with Crippen molar-refractivity contribution >= 4 is 21.7 Å². The molecule has 2 rings (SSSR count). The van der Waals surface area contributed by atoms with Crippen LogP contribution in [0.2, 0.25) is 0 Å². The predicted molar refractivity (Wildman–Crippen MR) is 90.3 cm³/mol. The average Bonchev–Trinajstić information content (AvgIpc) is 2.95. The molecule has 0 spiro atoms. The van der Waals surface area contributed by atoms with Crippen molar-refractivity contribution in [1.29, 1.82) is 0 Å². The second-order valence-electron chi connectivity index (χ2n) is 6.20. The molecule has 0 radical (unpaired) electrons. The van der Waals surface area contributed by atoms with Gasteiger partial charge in [0, 0.05) is 12.6 Å². The van der Waals surface area contributed by atoms with Gasteiger partial charge in [0.05, 0.1) is 17.1 Å². The number of hydrogen-bond acceptors (Lipinski definition) is 5. The maximum absolute atomic E-state index is 13.2. The van der Waals surface area contributed by atoms with Crippen molar-refractivity contribution in [2.24, 2.45) is 0 Å². The van der Waals surface area contributed by atoms with Crippen LogP contribution in [0, 0.1) is 11.6 Å². The molecule has 0 aromatic heterocycles. The number of unbranched alkanes of at least 4 members (excludes halogenated alkanes) is 1. The normalized spacial score (nSPS) is 18.5. The van der Waals surface area contributed by atoms with E-state index in [2.05, 4.69) is 0 Å². The fourth-order valence-electron chi connectivity index (χ4n) is 2.78. The molecule has 0 bridgehead atoms. The third kappa shape index (κ3) is 5.23. The zero-order valence-corrected chi connectivity index (χ0v) is 15.2. The number of rotatable bonds is 7. The Morgan fingerprint density at radius 1 is 1.27 bits per heavy atom. The molecular weight excluding hydrogens is 368 g/mol. The first-order valence-corrected chi connectivity index (χ1v) is 10.2. The molecule has 144 valence electrons. The molecule has 1 saturated heterocycles. The van der Waals surface area contributed by atoms with Crippen molar-refractivity contribution in [2.75, 3.05) is 24.7 Å². The van der Waals surface area contributed by atoms with E-state index in [1.165, 1.54) is 4.90 Å². The van der Waals surface area contributed by atoms with Crippen molar-refractivity contribution in [2.45, 2.75) is 32.2 Å². The SMILES string of the molecule is CCCCN(C(=O)COC(=O)c1ccc(F)c(F)c1)C1CCS(=O)(=O)C1. The highest BCUT2D eigenvalue weighted by Gasteiger charge is 2.34. The molecule has 1 amide bonds. The van der Waals surface area contributed by atoms with Crippen molar-refractivity contribution in [3.05, 3.63) is 35.4 Å². The van der Waals surface area contributed by atoms with Crippen molar-refractivity contribution in [1.82, 2.24) is 4.90 Å². The Labute approximate surface area is 151 Å². The summed E-state index contributed by atoms with van der Waals surface area (Å²) in [5.41, 5.74) is -0.208. The van der Waals surface area contributed by atoms with Gasteiger partial charge in [-0.3, -0.25) is 4.79 Å². The molecule has 1 heterocycles. The Bertz CT molecular complexity index is 781. The largest absolute Gasteiger partial charge is 0.452 e. The maximum Gasteiger partial charge on any atom is 0.338 e. The number of carbonyl (C=O) groups excluding carboxylic acids is 2. The van der Waals surface area contributed by atoms with E-state index in [0.29, 0.717) is 25.5 Å². The van der Waals surface area contributed by atoms with Gasteiger partial charge in [-0.2, -0.15) is 0 Å². The lowest BCUT2D eigenvalue weighted by Gasteiger charge is -2.28. The van der Waals surface area contributed by atoms with E-state index in [1.807, 2.05) is 6.92 Å². The van der Waals surface area contributed by atoms with Gasteiger partial charge in [0.1, 0.15) is 0 Å². The summed E-state index contributed by atoms with van der Waals surface area (Å²) in [5, 5.41) is 0. The monoisotopic (exact) mass is 389 g/mol. The fourth-order valence-corrected chi connectivity index (χ4v) is 4.51. The summed E-state index contributed by atoms with van der Waals surface area (Å²) in [6.07, 6.45) is 1.87. The highest BCUT2D eigenvalue weighted by molar-refractivity contribution is 7.91. The number of halogens is 2. The predicted octanol–water partition coefficient (Wildman–Crippen LogP) is 1.94. The van der Waals surface area contributed by atoms with Crippen LogP contribution in [0.4, 0.5) is 8.78 Å². The van der Waals surface area contributed by atoms with Crippen LogP contribution in [0.25, 0.3) is 0 Å². The van der Waals surface area contributed by atoms with Gasteiger partial charge in [0.25, 0.3) is 5.91 Å². The minimum Gasteiger partial charge on any atom is -0.452 e. The molecule has 1 fully saturated rings. The van der Waals surface area contributed by atoms with Gasteiger partial charge in [-0.25, -0.2) is 22.0 Å². The Hall–Kier alpha value is -2.03. The molecule has 9 heteroatoms. The smallest absolute Gasteiger partial charge is 0.338 e. The third-order valence-electron chi connectivity index (χ3n) is 4.20. The number of ether oxygens (including phenoxy) is 1. The lowest BCUT2D eigenvalue weighted by atomic mass is 10.2. The van der Waals surface area contributed by atoms with Crippen molar-refractivity contribution in [3.8, 4) is 0 Å². The first kappa shape index (κ1) is 20.3. The van der Waals surface area contributed by atoms with E-state index >= 15 is 0 Å². The molecule has 0 N–H and O–H groups in total. The standard InChI is InChI=1S/C17H21F2NO5S/c1-2-3-7-20(13-6-8-26(23,24)11-13)16(21)10-25-17(22)12-4-5-14(18)15(19)9-12/h4-5,9,13H,2-3,6-8,10-11H2,1H3. The van der Waals surface area contributed by atoms with Gasteiger partial charge in [0.2, 0.25) is 0 Å². The van der Waals surface area contributed by atoms with Gasteiger partial charge >= 0.3 is 5.97 Å². The molecular formula is C17H21F2NO5S. The summed E-state index contributed by atoms with van der Waals surface area (Å²) >= 11 is 0. The summed E-state index contributed by atoms with van der Waals surface area (Å²) in [6.45, 7) is 1.73. The highest BCUT2D eigenvalue weighted by Crippen LogP contribution is 2.19. The minimum absolute atomic E-state index is 0.0300. The van der Waals surface area contributed by atoms with E-state index in [0.717, 1.165) is 18.6 Å². The topological polar surface area (TPSA) is 80.8 Å². The van der Waals surface area contributed by atoms with Gasteiger partial charge in [0.15, 0.2) is 28.1 Å². The lowest BCUT2D eigenvalue weighted by molar-refractivity contribution is -0.136. The second kappa shape index (κ2) is 8.57. The van der Waals surface area contributed by atoms with E-state index in [-0.39, 0.29) is 17.1 Å². The number of carbonyl (C=O) groups is 2.